The number of aliphatic hydroxyl groups is 2. The Balaban J connectivity index is 2.28. The van der Waals surface area contributed by atoms with Crippen LogP contribution in [0.15, 0.2) is 0 Å². The molecule has 0 aromatic heterocycles. The third-order valence-electron chi connectivity index (χ3n) is 1.29. The molecule has 48 valence electrons. The van der Waals surface area contributed by atoms with E-state index in [-0.39, 0.29) is 0 Å². The molecule has 0 radical (unpaired) electrons. The van der Waals surface area contributed by atoms with E-state index in [9.17, 15) is 0 Å². The normalized spacial score (nSPS) is 39.8. The Kier molecular flexibility index (Phi) is 2.16. The van der Waals surface area contributed by atoms with Gasteiger partial charge in [-0.2, -0.15) is 11.8 Å². The molecular weight excluding hydrogens is 124 g/mol. The summed E-state index contributed by atoms with van der Waals surface area (Å²) in [4.78, 5) is 0. The Morgan fingerprint density at radius 3 is 2.38 bits per heavy atom. The van der Waals surface area contributed by atoms with Crippen molar-refractivity contribution in [3.63, 3.8) is 0 Å². The second kappa shape index (κ2) is 2.71. The third-order valence-corrected chi connectivity index (χ3v) is 2.39. The van der Waals surface area contributed by atoms with Crippen LogP contribution in [0.4, 0.5) is 0 Å². The van der Waals surface area contributed by atoms with Crippen LogP contribution in [0.25, 0.3) is 0 Å². The van der Waals surface area contributed by atoms with Gasteiger partial charge in [0.2, 0.25) is 0 Å². The largest absolute Gasteiger partial charge is 0.390 e. The molecule has 0 bridgehead atoms. The van der Waals surface area contributed by atoms with Crippen LogP contribution in [0, 0.1) is 0 Å². The van der Waals surface area contributed by atoms with E-state index in [1.54, 1.807) is 11.8 Å². The lowest BCUT2D eigenvalue weighted by Crippen LogP contribution is -2.32. The van der Waals surface area contributed by atoms with Gasteiger partial charge in [0.25, 0.3) is 0 Å². The molecule has 0 aromatic carbocycles. The zero-order valence-corrected chi connectivity index (χ0v) is 5.40. The molecule has 2 N–H and O–H groups in total. The summed E-state index contributed by atoms with van der Waals surface area (Å²) in [5.74, 6) is 1.68. The Hall–Kier alpha value is 0.270. The van der Waals surface area contributed by atoms with E-state index in [1.807, 2.05) is 0 Å². The van der Waals surface area contributed by atoms with E-state index in [4.69, 9.17) is 10.2 Å². The molecule has 1 fully saturated rings. The van der Waals surface area contributed by atoms with Crippen LogP contribution in [-0.2, 0) is 0 Å². The van der Waals surface area contributed by atoms with E-state index in [1.165, 1.54) is 0 Å². The summed E-state index contributed by atoms with van der Waals surface area (Å²) in [6.07, 6.45) is -0.198. The highest BCUT2D eigenvalue weighted by molar-refractivity contribution is 7.99. The minimum Gasteiger partial charge on any atom is -0.390 e. The van der Waals surface area contributed by atoms with E-state index in [0.29, 0.717) is 5.75 Å². The lowest BCUT2D eigenvalue weighted by atomic mass is 10.2. The molecule has 2 nitrogen and oxygen atoms in total. The first-order chi connectivity index (χ1) is 3.80. The molecule has 0 aliphatic carbocycles. The maximum absolute atomic E-state index is 8.91. The summed E-state index contributed by atoms with van der Waals surface area (Å²) in [5, 5.41) is 17.8. The average molecular weight is 134 g/mol. The molecule has 8 heavy (non-hydrogen) atoms. The maximum Gasteiger partial charge on any atom is 0.0889 e. The first-order valence-corrected chi connectivity index (χ1v) is 3.90. The van der Waals surface area contributed by atoms with E-state index in [0.717, 1.165) is 12.2 Å². The average Bonchev–Trinajstić information content (AvgIpc) is 1.77. The van der Waals surface area contributed by atoms with Crippen LogP contribution in [0.5, 0.6) is 0 Å². The number of hydrogen-bond acceptors (Lipinski definition) is 3. The van der Waals surface area contributed by atoms with Crippen molar-refractivity contribution in [3.05, 3.63) is 0 Å². The molecule has 1 aliphatic rings. The van der Waals surface area contributed by atoms with Crippen LogP contribution >= 0.6 is 11.8 Å². The van der Waals surface area contributed by atoms with E-state index < -0.39 is 12.2 Å². The van der Waals surface area contributed by atoms with Gasteiger partial charge in [0.1, 0.15) is 0 Å². The van der Waals surface area contributed by atoms with Crippen molar-refractivity contribution in [1.29, 1.82) is 0 Å². The van der Waals surface area contributed by atoms with Gasteiger partial charge in [-0.05, 0) is 12.2 Å². The van der Waals surface area contributed by atoms with Crippen molar-refractivity contribution in [2.75, 3.05) is 11.5 Å². The zero-order chi connectivity index (χ0) is 5.98. The van der Waals surface area contributed by atoms with Gasteiger partial charge in [0, 0.05) is 5.75 Å². The van der Waals surface area contributed by atoms with Crippen molar-refractivity contribution < 1.29 is 10.2 Å². The summed E-state index contributed by atoms with van der Waals surface area (Å²) >= 11 is 1.70. The Labute approximate surface area is 52.9 Å². The first-order valence-electron chi connectivity index (χ1n) is 2.74. The first kappa shape index (κ1) is 6.39. The fourth-order valence-corrected chi connectivity index (χ4v) is 1.75. The predicted molar refractivity (Wildman–Crippen MR) is 34.0 cm³/mol. The summed E-state index contributed by atoms with van der Waals surface area (Å²) in [5.41, 5.74) is 0. The van der Waals surface area contributed by atoms with E-state index >= 15 is 0 Å². The van der Waals surface area contributed by atoms with Crippen LogP contribution in [0.1, 0.15) is 6.42 Å². The van der Waals surface area contributed by atoms with Crippen LogP contribution in [0.2, 0.25) is 0 Å². The number of rotatable bonds is 0. The van der Waals surface area contributed by atoms with Crippen molar-refractivity contribution in [3.8, 4) is 0 Å². The van der Waals surface area contributed by atoms with Crippen LogP contribution < -0.4 is 0 Å². The van der Waals surface area contributed by atoms with Gasteiger partial charge in [0.15, 0.2) is 0 Å². The predicted octanol–water partition coefficient (Wildman–Crippen LogP) is -0.155. The fraction of sp³-hybridized carbons (Fsp3) is 1.00. The van der Waals surface area contributed by atoms with Crippen molar-refractivity contribution >= 4 is 11.8 Å². The van der Waals surface area contributed by atoms with Gasteiger partial charge in [-0.1, -0.05) is 0 Å². The Morgan fingerprint density at radius 1 is 1.25 bits per heavy atom. The van der Waals surface area contributed by atoms with Gasteiger partial charge in [0.05, 0.1) is 12.2 Å². The summed E-state index contributed by atoms with van der Waals surface area (Å²) in [6, 6.07) is 0. The standard InChI is InChI=1S/C5H10O2S/c6-4-1-2-8-3-5(4)7/h4-7H,1-3H2/t4-,5-/m0/s1. The highest BCUT2D eigenvalue weighted by atomic mass is 32.2. The molecule has 1 aliphatic heterocycles. The lowest BCUT2D eigenvalue weighted by molar-refractivity contribution is 0.0297. The molecule has 0 amide bonds. The molecule has 2 atom stereocenters. The molecule has 1 heterocycles. The number of thioether (sulfide) groups is 1. The second-order valence-corrected chi connectivity index (χ2v) is 3.15. The smallest absolute Gasteiger partial charge is 0.0889 e. The number of hydrogen-bond donors (Lipinski definition) is 2. The molecule has 1 saturated heterocycles. The maximum atomic E-state index is 8.91. The van der Waals surface area contributed by atoms with Crippen molar-refractivity contribution in [2.24, 2.45) is 0 Å². The molecule has 0 saturated carbocycles. The molecule has 0 spiro atoms. The second-order valence-electron chi connectivity index (χ2n) is 2.00. The quantitative estimate of drug-likeness (QED) is 0.484. The van der Waals surface area contributed by atoms with Gasteiger partial charge in [-0.25, -0.2) is 0 Å². The zero-order valence-electron chi connectivity index (χ0n) is 4.58. The lowest BCUT2D eigenvalue weighted by Gasteiger charge is -2.21. The molecule has 1 rings (SSSR count). The minimum atomic E-state index is -0.478. The van der Waals surface area contributed by atoms with Crippen LogP contribution in [0.3, 0.4) is 0 Å². The van der Waals surface area contributed by atoms with Crippen LogP contribution in [-0.4, -0.2) is 33.9 Å². The van der Waals surface area contributed by atoms with Crippen molar-refractivity contribution in [1.82, 2.24) is 0 Å². The SMILES string of the molecule is O[C@H]1CCSC[C@@H]1O. The molecule has 0 unspecified atom stereocenters. The third kappa shape index (κ3) is 1.37. The molecule has 0 aromatic rings. The fourth-order valence-electron chi connectivity index (χ4n) is 0.712. The van der Waals surface area contributed by atoms with Gasteiger partial charge in [-0.3, -0.25) is 0 Å². The highest BCUT2D eigenvalue weighted by Crippen LogP contribution is 2.16. The Bertz CT molecular complexity index is 66.8. The summed E-state index contributed by atoms with van der Waals surface area (Å²) in [6.45, 7) is 0. The monoisotopic (exact) mass is 134 g/mol. The van der Waals surface area contributed by atoms with Crippen molar-refractivity contribution in [2.45, 2.75) is 18.6 Å². The van der Waals surface area contributed by atoms with Gasteiger partial charge >= 0.3 is 0 Å². The Morgan fingerprint density at radius 2 is 2.00 bits per heavy atom. The summed E-state index contributed by atoms with van der Waals surface area (Å²) in [7, 11) is 0. The van der Waals surface area contributed by atoms with E-state index in [2.05, 4.69) is 0 Å². The van der Waals surface area contributed by atoms with Gasteiger partial charge in [-0.15, -0.1) is 0 Å². The molecule has 3 heteroatoms. The topological polar surface area (TPSA) is 40.5 Å². The highest BCUT2D eigenvalue weighted by Gasteiger charge is 2.19. The molecular formula is C5H10O2S. The minimum absolute atomic E-state index is 0.462. The van der Waals surface area contributed by atoms with Gasteiger partial charge < -0.3 is 10.2 Å². The number of aliphatic hydroxyl groups excluding tert-OH is 2. The summed E-state index contributed by atoms with van der Waals surface area (Å²) < 4.78 is 0.